The van der Waals surface area contributed by atoms with Crippen molar-refractivity contribution in [2.24, 2.45) is 79.9 Å². The number of rotatable bonds is 54. The number of carbonyl (C=O) groups excluding carboxylic acids is 14. The van der Waals surface area contributed by atoms with Crippen molar-refractivity contribution < 1.29 is 86.8 Å². The second-order valence-electron chi connectivity index (χ2n) is 32.9. The summed E-state index contributed by atoms with van der Waals surface area (Å²) < 4.78 is 10.9. The van der Waals surface area contributed by atoms with Gasteiger partial charge in [-0.1, -0.05) is 121 Å². The number of benzene rings is 2. The maximum absolute atomic E-state index is 14.0. The molecule has 7 amide bonds. The Morgan fingerprint density at radius 1 is 0.531 bits per heavy atom. The summed E-state index contributed by atoms with van der Waals surface area (Å²) in [7, 11) is 0. The van der Waals surface area contributed by atoms with Crippen molar-refractivity contribution in [1.82, 2.24) is 47.9 Å². The van der Waals surface area contributed by atoms with Gasteiger partial charge in [-0.25, -0.2) is 0 Å². The van der Waals surface area contributed by atoms with E-state index in [2.05, 4.69) is 89.7 Å². The average molecular weight is 1970 g/mol. The number of aliphatic imine (C=N–C) groups is 2. The van der Waals surface area contributed by atoms with Gasteiger partial charge in [0.15, 0.2) is 29.3 Å². The van der Waals surface area contributed by atoms with Crippen LogP contribution in [-0.4, -0.2) is 253 Å². The molecule has 2 fully saturated rings. The molecule has 0 saturated carbocycles. The summed E-state index contributed by atoms with van der Waals surface area (Å²) in [5.41, 5.74) is 35.3. The molecule has 0 aromatic heterocycles. The van der Waals surface area contributed by atoms with Gasteiger partial charge in [-0.15, -0.1) is 0 Å². The van der Waals surface area contributed by atoms with Crippen LogP contribution < -0.4 is 82.3 Å². The van der Waals surface area contributed by atoms with Crippen molar-refractivity contribution in [3.63, 3.8) is 0 Å². The first kappa shape index (κ1) is 114. The number of nitrogens with zero attached hydrogens (tertiary/aromatic N) is 2. The molecule has 2 aliphatic heterocycles. The summed E-state index contributed by atoms with van der Waals surface area (Å²) in [4.78, 5) is 190. The number of alkyl halides is 2. The van der Waals surface area contributed by atoms with E-state index in [1.807, 2.05) is 27.7 Å². The van der Waals surface area contributed by atoms with Crippen LogP contribution in [0.5, 0.6) is 11.5 Å². The Bertz CT molecular complexity index is 3780. The molecule has 0 radical (unpaired) electrons. The first-order valence-electron chi connectivity index (χ1n) is 45.0. The number of primary amides is 2. The smallest absolute Gasteiger partial charge is 0.279 e. The monoisotopic (exact) mass is 1960 g/mol. The van der Waals surface area contributed by atoms with Crippen LogP contribution in [0.1, 0.15) is 199 Å². The number of phenolic OH excluding ortho intramolecular Hbond substituents is 2. The van der Waals surface area contributed by atoms with Gasteiger partial charge in [-0.3, -0.25) is 82.4 Å². The number of ketones is 7. The molecule has 2 aromatic carbocycles. The third kappa shape index (κ3) is 52.1. The maximum atomic E-state index is 14.0. The van der Waals surface area contributed by atoms with Crippen LogP contribution in [0.2, 0.25) is 0 Å². The van der Waals surface area contributed by atoms with Crippen LogP contribution in [0.4, 0.5) is 4.79 Å². The van der Waals surface area contributed by atoms with E-state index in [-0.39, 0.29) is 199 Å². The third-order valence-electron chi connectivity index (χ3n) is 22.7. The van der Waals surface area contributed by atoms with Gasteiger partial charge in [-0.05, 0) is 181 Å². The summed E-state index contributed by atoms with van der Waals surface area (Å²) in [5, 5.41) is 46.6. The van der Waals surface area contributed by atoms with Crippen LogP contribution in [-0.2, 0) is 84.6 Å². The number of nitrogens with one attached hydrogen (secondary N) is 9. The lowest BCUT2D eigenvalue weighted by atomic mass is 9.87. The number of phenols is 2. The molecular weight excluding hydrogens is 1820 g/mol. The molecule has 0 aliphatic carbocycles. The average Bonchev–Trinajstić information content (AvgIpc) is 1.38. The Balaban J connectivity index is 0.000000661. The number of amides is 7. The van der Waals surface area contributed by atoms with Gasteiger partial charge in [0.25, 0.3) is 5.24 Å². The standard InChI is InChI=1S/C46H75BrN8O10S.C43H70BrN9O8S/c1-3-31(2)43-40(59)18-14-34(9-4-5-20-51-42(61)19-23-65-25-24-64-22-7-10-36(57)27-47)41(60)29-54-38(30-66-46(63)55-43)39(58)17-13-33(8-6-21-52-45(49)50)28-53-37(44(48)62)26-32-11-15-35(56)16-12-32;1-3-28(2)41-36(56)16-12-31(8-4-5-19-48-39(59)24-44)37(57)26-52-33(18-22-62-27-40(60)49-21-17-38(58)53-41)35(55)15-11-30(7-6-20-50-43(46)47)25-51-34(42(45)61)23-29-9-13-32(54)14-10-29/h11-12,15-16,31,33-34,37-38,43,53-54,56H,3-10,13-14,17-30H2,1-2H3,(H2,48,62)(H,51,61)(H,55,63)(H4,49,50,52);9-10,13-14,28,30-31,33-34,41,51-52,54H,3-8,11-12,15-27H2,1-2H3,(H2,45,61)(H,48,59)(H,49,60)(H,53,58)(H4,46,47,50)/t31-,33+,34+,37-,38-,43-;28-,30+,31+,33-,34-,41-/m00/s1. The van der Waals surface area contributed by atoms with E-state index in [0.29, 0.717) is 199 Å². The van der Waals surface area contributed by atoms with Crippen molar-refractivity contribution >= 4 is 148 Å². The molecule has 0 spiro atoms. The van der Waals surface area contributed by atoms with E-state index in [1.54, 1.807) is 36.4 Å². The first-order chi connectivity index (χ1) is 61.2. The van der Waals surface area contributed by atoms with Gasteiger partial charge in [-0.2, -0.15) is 11.8 Å². The summed E-state index contributed by atoms with van der Waals surface area (Å²) in [6, 6.07) is 8.63. The van der Waals surface area contributed by atoms with Gasteiger partial charge < -0.3 is 96.6 Å². The molecule has 4 rings (SSSR count). The molecular formula is C89H145Br2N17O18S2. The SMILES string of the molecule is CC[C@H](C)[C@@H]1NC(=O)CCNC(=O)CSCC[C@@H](C(=O)CC[C@@H](CCCN=C(N)N)CN[C@@H](Cc2ccc(O)cc2)C(N)=O)NCC(=O)[C@H](CCCCNC(=O)CBr)CCC1=O.CC[C@H](C)[C@@H]1NC(=O)SC[C@@H](C(=O)CC[C@@H](CCCN=C(N)N)CN[C@@H](Cc2ccc(O)cc2)C(N)=O)NCC(=O)[C@H](CCCCNC(=O)CCOCCOCCCC(=O)CBr)CCC1=O. The minimum Gasteiger partial charge on any atom is -0.508 e. The summed E-state index contributed by atoms with van der Waals surface area (Å²) in [5.74, 6) is -3.34. The normalized spacial score (nSPS) is 19.5. The molecule has 35 nitrogen and oxygen atoms in total. The van der Waals surface area contributed by atoms with E-state index in [0.717, 1.165) is 22.9 Å². The minimum absolute atomic E-state index is 0.0102. The zero-order chi connectivity index (χ0) is 94.6. The molecule has 128 heavy (non-hydrogen) atoms. The predicted octanol–water partition coefficient (Wildman–Crippen LogP) is 4.96. The highest BCUT2D eigenvalue weighted by Crippen LogP contribution is 2.26. The quantitative estimate of drug-likeness (QED) is 0.0180. The molecule has 0 bridgehead atoms. The molecule has 12 atom stereocenters. The largest absolute Gasteiger partial charge is 0.508 e. The number of guanidine groups is 2. The Morgan fingerprint density at radius 3 is 1.48 bits per heavy atom. The van der Waals surface area contributed by atoms with E-state index < -0.39 is 65.1 Å². The number of thioether (sulfide) groups is 2. The molecule has 720 valence electrons. The molecule has 2 heterocycles. The van der Waals surface area contributed by atoms with Crippen molar-refractivity contribution in [3.8, 4) is 11.5 Å². The highest BCUT2D eigenvalue weighted by molar-refractivity contribution is 9.09. The van der Waals surface area contributed by atoms with Gasteiger partial charge in [0.2, 0.25) is 35.4 Å². The number of aromatic hydroxyl groups is 2. The number of Topliss-reactive ketones (excluding diaryl/α,β-unsaturated/α-hetero) is 7. The fourth-order valence-corrected chi connectivity index (χ4v) is 16.6. The van der Waals surface area contributed by atoms with Gasteiger partial charge in [0.1, 0.15) is 34.6 Å². The number of carbonyl (C=O) groups is 14. The van der Waals surface area contributed by atoms with E-state index >= 15 is 0 Å². The maximum Gasteiger partial charge on any atom is 0.279 e. The minimum atomic E-state index is -0.834. The zero-order valence-corrected chi connectivity index (χ0v) is 80.0. The molecule has 39 heteroatoms. The van der Waals surface area contributed by atoms with Crippen molar-refractivity contribution in [3.05, 3.63) is 59.7 Å². The molecule has 2 aromatic rings. The highest BCUT2D eigenvalue weighted by Gasteiger charge is 2.34. The lowest BCUT2D eigenvalue weighted by Gasteiger charge is -2.25. The van der Waals surface area contributed by atoms with Crippen LogP contribution in [0.3, 0.4) is 0 Å². The lowest BCUT2D eigenvalue weighted by Crippen LogP contribution is -2.46. The van der Waals surface area contributed by atoms with Gasteiger partial charge >= 0.3 is 0 Å². The topological polar surface area (TPSA) is 587 Å². The van der Waals surface area contributed by atoms with E-state index in [9.17, 15) is 77.3 Å². The summed E-state index contributed by atoms with van der Waals surface area (Å²) >= 11 is 8.52. The molecule has 2 aliphatic rings. The fourth-order valence-electron chi connectivity index (χ4n) is 14.5. The number of unbranched alkanes of at least 4 members (excludes halogenated alkanes) is 2. The Morgan fingerprint density at radius 2 is 1.01 bits per heavy atom. The Labute approximate surface area is 779 Å². The second-order valence-corrected chi connectivity index (χ2v) is 36.1. The van der Waals surface area contributed by atoms with Crippen molar-refractivity contribution in [2.75, 3.05) is 113 Å². The zero-order valence-electron chi connectivity index (χ0n) is 75.2. The number of halogens is 2. The van der Waals surface area contributed by atoms with Crippen molar-refractivity contribution in [2.45, 2.75) is 237 Å². The first-order valence-corrected chi connectivity index (χ1v) is 49.4. The van der Waals surface area contributed by atoms with E-state index in [4.69, 9.17) is 43.9 Å². The highest BCUT2D eigenvalue weighted by atomic mass is 79.9. The second kappa shape index (κ2) is 68.1. The van der Waals surface area contributed by atoms with Crippen molar-refractivity contribution in [1.29, 1.82) is 0 Å². The molecule has 23 N–H and O–H groups in total. The Kier molecular flexibility index (Phi) is 60.7. The van der Waals surface area contributed by atoms with Crippen LogP contribution in [0, 0.1) is 35.5 Å². The van der Waals surface area contributed by atoms with Gasteiger partial charge in [0.05, 0.1) is 85.6 Å². The number of nitrogens with two attached hydrogens (primary N) is 6. The number of ether oxygens (including phenoxy) is 2. The molecule has 2 saturated heterocycles. The summed E-state index contributed by atoms with van der Waals surface area (Å²) in [6.07, 6.45) is 11.5. The molecule has 0 unspecified atom stereocenters. The van der Waals surface area contributed by atoms with E-state index in [1.165, 1.54) is 23.9 Å². The number of hydrogen-bond acceptors (Lipinski definition) is 26. The number of hydrogen-bond donors (Lipinski definition) is 17. The fraction of sp³-hybridized carbons (Fsp3) is 0.685. The van der Waals surface area contributed by atoms with Gasteiger partial charge in [0, 0.05) is 102 Å². The van der Waals surface area contributed by atoms with Crippen LogP contribution in [0.15, 0.2) is 58.5 Å². The van der Waals surface area contributed by atoms with Crippen LogP contribution >= 0.6 is 55.4 Å². The summed E-state index contributed by atoms with van der Waals surface area (Å²) in [6.45, 7) is 11.4. The lowest BCUT2D eigenvalue weighted by molar-refractivity contribution is -0.130. The van der Waals surface area contributed by atoms with Crippen LogP contribution in [0.25, 0.3) is 0 Å². The third-order valence-corrected chi connectivity index (χ3v) is 25.7. The Hall–Kier alpha value is -8.02. The predicted molar refractivity (Wildman–Crippen MR) is 507 cm³/mol.